The minimum atomic E-state index is -3.59. The third-order valence-electron chi connectivity index (χ3n) is 3.23. The molecule has 0 aliphatic rings. The molecule has 1 aromatic rings. The highest BCUT2D eigenvalue weighted by Gasteiger charge is 2.22. The van der Waals surface area contributed by atoms with Gasteiger partial charge in [-0.3, -0.25) is 9.10 Å². The van der Waals surface area contributed by atoms with Crippen molar-refractivity contribution in [1.82, 2.24) is 10.2 Å². The topological polar surface area (TPSA) is 79.0 Å². The largest absolute Gasteiger partial charge is 0.495 e. The van der Waals surface area contributed by atoms with Crippen molar-refractivity contribution in [3.05, 3.63) is 23.2 Å². The van der Waals surface area contributed by atoms with Gasteiger partial charge in [0.05, 0.1) is 19.1 Å². The van der Waals surface area contributed by atoms with Crippen molar-refractivity contribution in [1.29, 1.82) is 0 Å². The highest BCUT2D eigenvalue weighted by molar-refractivity contribution is 7.92. The second-order valence-corrected chi connectivity index (χ2v) is 7.90. The van der Waals surface area contributed by atoms with Crippen molar-refractivity contribution in [2.24, 2.45) is 0 Å². The van der Waals surface area contributed by atoms with Crippen LogP contribution in [-0.2, 0) is 14.8 Å². The van der Waals surface area contributed by atoms with Crippen LogP contribution in [0, 0.1) is 0 Å². The van der Waals surface area contributed by atoms with Crippen molar-refractivity contribution in [2.75, 3.05) is 51.4 Å². The summed E-state index contributed by atoms with van der Waals surface area (Å²) in [5.41, 5.74) is 0.314. The Bertz CT molecular complexity index is 665. The van der Waals surface area contributed by atoms with Gasteiger partial charge in [0.1, 0.15) is 5.75 Å². The Morgan fingerprint density at radius 1 is 1.29 bits per heavy atom. The molecular weight excluding hydrogens is 354 g/mol. The van der Waals surface area contributed by atoms with E-state index in [2.05, 4.69) is 5.32 Å². The van der Waals surface area contributed by atoms with Gasteiger partial charge in [-0.05, 0) is 32.3 Å². The summed E-state index contributed by atoms with van der Waals surface area (Å²) in [7, 11) is 1.67. The highest BCUT2D eigenvalue weighted by Crippen LogP contribution is 2.32. The summed E-state index contributed by atoms with van der Waals surface area (Å²) >= 11 is 5.97. The molecule has 0 saturated heterocycles. The molecule has 136 valence electrons. The molecule has 0 atom stereocenters. The zero-order chi connectivity index (χ0) is 18.3. The minimum Gasteiger partial charge on any atom is -0.495 e. The second kappa shape index (κ2) is 9.10. The molecule has 0 fully saturated rings. The molecule has 1 amide bonds. The third-order valence-corrected chi connectivity index (χ3v) is 4.65. The van der Waals surface area contributed by atoms with E-state index in [9.17, 15) is 13.2 Å². The molecule has 0 aromatic heterocycles. The van der Waals surface area contributed by atoms with E-state index in [4.69, 9.17) is 16.3 Å². The number of nitrogens with zero attached hydrogens (tertiary/aromatic N) is 2. The average Bonchev–Trinajstić information content (AvgIpc) is 2.46. The Labute approximate surface area is 148 Å². The average molecular weight is 378 g/mol. The molecule has 0 unspecified atom stereocenters. The standard InChI is InChI=1S/C15H24ClN3O4S/c1-18(2)10-8-17-15(20)7-9-19(24(4,21)22)13-11-12(16)5-6-14(13)23-3/h5-6,11H,7-10H2,1-4H3,(H,17,20). The number of likely N-dealkylation sites (N-methyl/N-ethyl adjacent to an activating group) is 1. The van der Waals surface area contributed by atoms with E-state index in [1.54, 1.807) is 12.1 Å². The van der Waals surface area contributed by atoms with Crippen LogP contribution < -0.4 is 14.4 Å². The van der Waals surface area contributed by atoms with Gasteiger partial charge in [-0.1, -0.05) is 11.6 Å². The van der Waals surface area contributed by atoms with E-state index in [0.29, 0.717) is 29.5 Å². The zero-order valence-electron chi connectivity index (χ0n) is 14.4. The number of hydrogen-bond acceptors (Lipinski definition) is 5. The molecule has 7 nitrogen and oxygen atoms in total. The smallest absolute Gasteiger partial charge is 0.232 e. The number of halogens is 1. The zero-order valence-corrected chi connectivity index (χ0v) is 15.9. The predicted molar refractivity (Wildman–Crippen MR) is 96.4 cm³/mol. The van der Waals surface area contributed by atoms with Crippen LogP contribution in [-0.4, -0.2) is 66.3 Å². The lowest BCUT2D eigenvalue weighted by molar-refractivity contribution is -0.120. The molecule has 9 heteroatoms. The maximum atomic E-state index is 12.1. The predicted octanol–water partition coefficient (Wildman–Crippen LogP) is 1.18. The number of carbonyl (C=O) groups excluding carboxylic acids is 1. The number of hydrogen-bond donors (Lipinski definition) is 1. The molecule has 0 heterocycles. The first-order valence-electron chi connectivity index (χ1n) is 7.38. The number of anilines is 1. The molecule has 0 bridgehead atoms. The second-order valence-electron chi connectivity index (χ2n) is 5.55. The number of ether oxygens (including phenoxy) is 1. The lowest BCUT2D eigenvalue weighted by Gasteiger charge is -2.24. The van der Waals surface area contributed by atoms with Gasteiger partial charge < -0.3 is 15.0 Å². The number of nitrogens with one attached hydrogen (secondary N) is 1. The summed E-state index contributed by atoms with van der Waals surface area (Å²) in [4.78, 5) is 13.8. The quantitative estimate of drug-likeness (QED) is 0.699. The monoisotopic (exact) mass is 377 g/mol. The highest BCUT2D eigenvalue weighted by atomic mass is 35.5. The van der Waals surface area contributed by atoms with Crippen LogP contribution >= 0.6 is 11.6 Å². The summed E-state index contributed by atoms with van der Waals surface area (Å²) in [6.45, 7) is 1.22. The Hall–Kier alpha value is -1.51. The Morgan fingerprint density at radius 3 is 2.50 bits per heavy atom. The fourth-order valence-corrected chi connectivity index (χ4v) is 3.12. The molecule has 24 heavy (non-hydrogen) atoms. The van der Waals surface area contributed by atoms with Crippen LogP contribution in [0.15, 0.2) is 18.2 Å². The van der Waals surface area contributed by atoms with Crippen molar-refractivity contribution in [3.63, 3.8) is 0 Å². The van der Waals surface area contributed by atoms with Crippen molar-refractivity contribution in [3.8, 4) is 5.75 Å². The number of rotatable bonds is 9. The van der Waals surface area contributed by atoms with Gasteiger partial charge in [0, 0.05) is 31.1 Å². The van der Waals surface area contributed by atoms with E-state index in [0.717, 1.165) is 10.6 Å². The molecule has 0 radical (unpaired) electrons. The summed E-state index contributed by atoms with van der Waals surface area (Å²) < 4.78 is 30.6. The first-order chi connectivity index (χ1) is 11.1. The van der Waals surface area contributed by atoms with Gasteiger partial charge in [0.25, 0.3) is 0 Å². The summed E-state index contributed by atoms with van der Waals surface area (Å²) in [5.74, 6) is 0.157. The third kappa shape index (κ3) is 6.54. The van der Waals surface area contributed by atoms with Gasteiger partial charge in [0.15, 0.2) is 0 Å². The molecular formula is C15H24ClN3O4S. The summed E-state index contributed by atoms with van der Waals surface area (Å²) in [6, 6.07) is 4.71. The molecule has 0 aliphatic carbocycles. The van der Waals surface area contributed by atoms with Gasteiger partial charge in [-0.15, -0.1) is 0 Å². The van der Waals surface area contributed by atoms with Crippen LogP contribution in [0.3, 0.4) is 0 Å². The van der Waals surface area contributed by atoms with E-state index in [1.165, 1.54) is 13.2 Å². The Kier molecular flexibility index (Phi) is 7.78. The number of methoxy groups -OCH3 is 1. The van der Waals surface area contributed by atoms with E-state index in [1.807, 2.05) is 19.0 Å². The number of amides is 1. The number of sulfonamides is 1. The molecule has 0 aliphatic heterocycles. The van der Waals surface area contributed by atoms with Gasteiger partial charge >= 0.3 is 0 Å². The minimum absolute atomic E-state index is 0.00331. The van der Waals surface area contributed by atoms with E-state index in [-0.39, 0.29) is 18.9 Å². The van der Waals surface area contributed by atoms with Crippen LogP contribution in [0.2, 0.25) is 5.02 Å². The van der Waals surface area contributed by atoms with Crippen LogP contribution in [0.4, 0.5) is 5.69 Å². The first-order valence-corrected chi connectivity index (χ1v) is 9.60. The molecule has 1 N–H and O–H groups in total. The van der Waals surface area contributed by atoms with Gasteiger partial charge in [-0.2, -0.15) is 0 Å². The van der Waals surface area contributed by atoms with E-state index >= 15 is 0 Å². The van der Waals surface area contributed by atoms with Crippen molar-refractivity contribution >= 4 is 33.2 Å². The maximum absolute atomic E-state index is 12.1. The Balaban J connectivity index is 2.85. The normalized spacial score (nSPS) is 11.4. The number of benzene rings is 1. The summed E-state index contributed by atoms with van der Waals surface area (Å²) in [6.07, 6.45) is 1.12. The Morgan fingerprint density at radius 2 is 1.96 bits per heavy atom. The molecule has 1 rings (SSSR count). The fraction of sp³-hybridized carbons (Fsp3) is 0.533. The SMILES string of the molecule is COc1ccc(Cl)cc1N(CCC(=O)NCCN(C)C)S(C)(=O)=O. The van der Waals surface area contributed by atoms with Crippen LogP contribution in [0.5, 0.6) is 5.75 Å². The van der Waals surface area contributed by atoms with Crippen molar-refractivity contribution in [2.45, 2.75) is 6.42 Å². The van der Waals surface area contributed by atoms with Crippen LogP contribution in [0.25, 0.3) is 0 Å². The summed E-state index contributed by atoms with van der Waals surface area (Å²) in [5, 5.41) is 3.14. The van der Waals surface area contributed by atoms with Gasteiger partial charge in [-0.25, -0.2) is 8.42 Å². The van der Waals surface area contributed by atoms with E-state index < -0.39 is 10.0 Å². The molecule has 0 saturated carbocycles. The first kappa shape index (κ1) is 20.5. The fourth-order valence-electron chi connectivity index (χ4n) is 2.03. The lowest BCUT2D eigenvalue weighted by atomic mass is 10.2. The number of carbonyl (C=O) groups is 1. The van der Waals surface area contributed by atoms with Crippen LogP contribution in [0.1, 0.15) is 6.42 Å². The molecule has 1 aromatic carbocycles. The lowest BCUT2D eigenvalue weighted by Crippen LogP contribution is -2.36. The van der Waals surface area contributed by atoms with Crippen molar-refractivity contribution < 1.29 is 17.9 Å². The molecule has 0 spiro atoms. The van der Waals surface area contributed by atoms with Gasteiger partial charge in [0.2, 0.25) is 15.9 Å². The maximum Gasteiger partial charge on any atom is 0.232 e.